The van der Waals surface area contributed by atoms with Crippen LogP contribution >= 0.6 is 0 Å². The van der Waals surface area contributed by atoms with Crippen molar-refractivity contribution in [3.63, 3.8) is 0 Å². The van der Waals surface area contributed by atoms with Gasteiger partial charge in [0.25, 0.3) is 0 Å². The molecule has 0 spiro atoms. The van der Waals surface area contributed by atoms with E-state index in [1.165, 1.54) is 0 Å². The second kappa shape index (κ2) is 3.93. The van der Waals surface area contributed by atoms with Crippen molar-refractivity contribution >= 4 is 5.97 Å². The zero-order valence-corrected chi connectivity index (χ0v) is 11.1. The summed E-state index contributed by atoms with van der Waals surface area (Å²) in [4.78, 5) is 11.6. The molecule has 4 nitrogen and oxygen atoms in total. The molecule has 1 aliphatic heterocycles. The predicted octanol–water partition coefficient (Wildman–Crippen LogP) is 1.18. The number of carbonyl (C=O) groups excluding carboxylic acids is 1. The lowest BCUT2D eigenvalue weighted by Crippen LogP contribution is -2.51. The van der Waals surface area contributed by atoms with Gasteiger partial charge < -0.3 is 14.9 Å². The molecule has 0 unspecified atom stereocenters. The number of rotatable bonds is 0. The molecule has 0 aromatic rings. The minimum absolute atomic E-state index is 0.0322. The van der Waals surface area contributed by atoms with Crippen LogP contribution in [-0.4, -0.2) is 34.5 Å². The van der Waals surface area contributed by atoms with Crippen molar-refractivity contribution < 1.29 is 19.7 Å². The van der Waals surface area contributed by atoms with E-state index in [4.69, 9.17) is 4.74 Å². The highest BCUT2D eigenvalue weighted by molar-refractivity contribution is 5.90. The molecule has 0 amide bonds. The molecule has 0 aromatic heterocycles. The minimum atomic E-state index is -0.860. The van der Waals surface area contributed by atoms with Crippen molar-refractivity contribution in [2.24, 2.45) is 17.3 Å². The monoisotopic (exact) mass is 264 g/mol. The summed E-state index contributed by atoms with van der Waals surface area (Å²) < 4.78 is 5.38. The lowest BCUT2D eigenvalue weighted by atomic mass is 9.54. The topological polar surface area (TPSA) is 66.8 Å². The summed E-state index contributed by atoms with van der Waals surface area (Å²) in [7, 11) is 0. The Labute approximate surface area is 112 Å². The SMILES string of the molecule is C=C1C(=O)O[C@@H]2C[C@]3(C)C[C@@H](O)[C@H](O)C(=C)[C@@H]3C[C@@H]12. The fourth-order valence-corrected chi connectivity index (χ4v) is 4.16. The van der Waals surface area contributed by atoms with Gasteiger partial charge in [-0.1, -0.05) is 20.1 Å². The maximum atomic E-state index is 11.6. The molecule has 1 saturated heterocycles. The number of hydrogen-bond acceptors (Lipinski definition) is 4. The molecule has 2 aliphatic carbocycles. The van der Waals surface area contributed by atoms with Crippen LogP contribution in [0.2, 0.25) is 0 Å². The molecule has 3 aliphatic rings. The average Bonchev–Trinajstić information content (AvgIpc) is 2.59. The fraction of sp³-hybridized carbons (Fsp3) is 0.667. The van der Waals surface area contributed by atoms with E-state index >= 15 is 0 Å². The predicted molar refractivity (Wildman–Crippen MR) is 69.1 cm³/mol. The molecule has 3 fully saturated rings. The smallest absolute Gasteiger partial charge is 0.334 e. The zero-order valence-electron chi connectivity index (χ0n) is 11.1. The third-order valence-electron chi connectivity index (χ3n) is 5.28. The molecule has 4 heteroatoms. The van der Waals surface area contributed by atoms with Crippen LogP contribution in [0.25, 0.3) is 0 Å². The maximum Gasteiger partial charge on any atom is 0.334 e. The molecule has 2 N–H and O–H groups in total. The summed E-state index contributed by atoms with van der Waals surface area (Å²) >= 11 is 0. The molecule has 0 bridgehead atoms. The van der Waals surface area contributed by atoms with Gasteiger partial charge in [0.05, 0.1) is 6.10 Å². The quantitative estimate of drug-likeness (QED) is 0.392. The van der Waals surface area contributed by atoms with E-state index in [0.29, 0.717) is 24.0 Å². The molecule has 3 rings (SSSR count). The summed E-state index contributed by atoms with van der Waals surface area (Å²) in [5.74, 6) is -0.160. The Morgan fingerprint density at radius 3 is 2.68 bits per heavy atom. The first-order valence-electron chi connectivity index (χ1n) is 6.78. The van der Waals surface area contributed by atoms with Crippen LogP contribution in [0.4, 0.5) is 0 Å². The number of aliphatic hydroxyl groups excluding tert-OH is 2. The van der Waals surface area contributed by atoms with Crippen LogP contribution in [0, 0.1) is 17.3 Å². The molecule has 104 valence electrons. The average molecular weight is 264 g/mol. The molecule has 19 heavy (non-hydrogen) atoms. The Morgan fingerprint density at radius 1 is 1.32 bits per heavy atom. The summed E-state index contributed by atoms with van der Waals surface area (Å²) in [6.45, 7) is 9.88. The number of esters is 1. The van der Waals surface area contributed by atoms with Crippen LogP contribution in [0.5, 0.6) is 0 Å². The number of carbonyl (C=O) groups is 1. The van der Waals surface area contributed by atoms with Gasteiger partial charge in [0.1, 0.15) is 12.2 Å². The van der Waals surface area contributed by atoms with Crippen LogP contribution in [0.1, 0.15) is 26.2 Å². The van der Waals surface area contributed by atoms with E-state index in [9.17, 15) is 15.0 Å². The first-order valence-corrected chi connectivity index (χ1v) is 6.78. The van der Waals surface area contributed by atoms with Crippen LogP contribution in [-0.2, 0) is 9.53 Å². The van der Waals surface area contributed by atoms with Crippen molar-refractivity contribution in [3.8, 4) is 0 Å². The molecular weight excluding hydrogens is 244 g/mol. The van der Waals surface area contributed by atoms with E-state index < -0.39 is 12.2 Å². The second-order valence-electron chi connectivity index (χ2n) is 6.51. The van der Waals surface area contributed by atoms with E-state index in [1.54, 1.807) is 0 Å². The summed E-state index contributed by atoms with van der Waals surface area (Å²) in [5.41, 5.74) is 1.06. The van der Waals surface area contributed by atoms with Gasteiger partial charge in [-0.15, -0.1) is 0 Å². The van der Waals surface area contributed by atoms with Crippen molar-refractivity contribution in [2.75, 3.05) is 0 Å². The lowest BCUT2D eigenvalue weighted by Gasteiger charge is -2.52. The lowest BCUT2D eigenvalue weighted by molar-refractivity contribution is -0.144. The van der Waals surface area contributed by atoms with Crippen LogP contribution in [0.3, 0.4) is 0 Å². The van der Waals surface area contributed by atoms with Gasteiger partial charge in [0, 0.05) is 11.5 Å². The van der Waals surface area contributed by atoms with E-state index in [2.05, 4.69) is 20.1 Å². The zero-order chi connectivity index (χ0) is 13.9. The molecular formula is C15H20O4. The largest absolute Gasteiger partial charge is 0.458 e. The van der Waals surface area contributed by atoms with Gasteiger partial charge in [-0.05, 0) is 36.2 Å². The van der Waals surface area contributed by atoms with E-state index in [1.807, 2.05) is 0 Å². The van der Waals surface area contributed by atoms with Gasteiger partial charge in [0.2, 0.25) is 0 Å². The molecule has 0 aromatic carbocycles. The third kappa shape index (κ3) is 1.70. The third-order valence-corrected chi connectivity index (χ3v) is 5.28. The van der Waals surface area contributed by atoms with Gasteiger partial charge in [-0.2, -0.15) is 0 Å². The highest BCUT2D eigenvalue weighted by atomic mass is 16.6. The fourth-order valence-electron chi connectivity index (χ4n) is 4.16. The highest BCUT2D eigenvalue weighted by Gasteiger charge is 2.55. The Balaban J connectivity index is 1.93. The first kappa shape index (κ1) is 12.9. The number of fused-ring (bicyclic) bond motifs is 2. The maximum absolute atomic E-state index is 11.6. The normalized spacial score (nSPS) is 49.6. The first-order chi connectivity index (χ1) is 8.83. The Morgan fingerprint density at radius 2 is 2.00 bits per heavy atom. The number of hydrogen-bond donors (Lipinski definition) is 2. The number of ether oxygens (including phenoxy) is 1. The van der Waals surface area contributed by atoms with Gasteiger partial charge in [0.15, 0.2) is 0 Å². The van der Waals surface area contributed by atoms with Gasteiger partial charge >= 0.3 is 5.97 Å². The highest BCUT2D eigenvalue weighted by Crippen LogP contribution is 2.56. The second-order valence-corrected chi connectivity index (χ2v) is 6.51. The van der Waals surface area contributed by atoms with Crippen molar-refractivity contribution in [1.82, 2.24) is 0 Å². The molecule has 6 atom stereocenters. The molecule has 1 heterocycles. The minimum Gasteiger partial charge on any atom is -0.458 e. The summed E-state index contributed by atoms with van der Waals surface area (Å²) in [6, 6.07) is 0. The van der Waals surface area contributed by atoms with Gasteiger partial charge in [-0.25, -0.2) is 4.79 Å². The Hall–Kier alpha value is -1.13. The van der Waals surface area contributed by atoms with Crippen LogP contribution < -0.4 is 0 Å². The van der Waals surface area contributed by atoms with Gasteiger partial charge in [-0.3, -0.25) is 0 Å². The van der Waals surface area contributed by atoms with Crippen LogP contribution in [0.15, 0.2) is 24.3 Å². The van der Waals surface area contributed by atoms with Crippen molar-refractivity contribution in [3.05, 3.63) is 24.3 Å². The Kier molecular flexibility index (Phi) is 2.67. The van der Waals surface area contributed by atoms with E-state index in [0.717, 1.165) is 6.42 Å². The van der Waals surface area contributed by atoms with Crippen molar-refractivity contribution in [1.29, 1.82) is 0 Å². The Bertz CT molecular complexity index is 469. The van der Waals surface area contributed by atoms with E-state index in [-0.39, 0.29) is 29.3 Å². The summed E-state index contributed by atoms with van der Waals surface area (Å²) in [6.07, 6.45) is 0.193. The van der Waals surface area contributed by atoms with Crippen molar-refractivity contribution in [2.45, 2.75) is 44.5 Å². The molecule has 2 saturated carbocycles. The standard InChI is InChI=1S/C15H20O4/c1-7-9-4-10-8(2)13(17)11(16)5-15(10,3)6-12(9)19-14(7)18/h9-13,16-17H,1-2,4-6H2,3H3/t9-,10-,11+,12+,13+,15-/m0/s1. The summed E-state index contributed by atoms with van der Waals surface area (Å²) in [5, 5.41) is 19.9. The molecule has 0 radical (unpaired) electrons. The number of aliphatic hydroxyl groups is 2.